The van der Waals surface area contributed by atoms with Crippen molar-refractivity contribution in [2.45, 2.75) is 13.2 Å². The first-order valence-corrected chi connectivity index (χ1v) is 8.98. The van der Waals surface area contributed by atoms with Gasteiger partial charge < -0.3 is 14.4 Å². The molecular formula is C23H22FNO3. The highest BCUT2D eigenvalue weighted by Gasteiger charge is 2.10. The summed E-state index contributed by atoms with van der Waals surface area (Å²) >= 11 is 0. The van der Waals surface area contributed by atoms with Crippen LogP contribution >= 0.6 is 0 Å². The fourth-order valence-electron chi connectivity index (χ4n) is 2.58. The minimum absolute atomic E-state index is 0.0675. The zero-order valence-electron chi connectivity index (χ0n) is 15.7. The van der Waals surface area contributed by atoms with Gasteiger partial charge in [-0.2, -0.15) is 0 Å². The molecule has 0 aliphatic rings. The molecule has 0 radical (unpaired) electrons. The lowest BCUT2D eigenvalue weighted by atomic mass is 10.2. The second-order valence-electron chi connectivity index (χ2n) is 6.41. The van der Waals surface area contributed by atoms with Gasteiger partial charge in [0.15, 0.2) is 6.61 Å². The average Bonchev–Trinajstić information content (AvgIpc) is 2.73. The minimum atomic E-state index is -0.294. The molecule has 0 fully saturated rings. The summed E-state index contributed by atoms with van der Waals surface area (Å²) in [7, 11) is 1.69. The van der Waals surface area contributed by atoms with E-state index in [4.69, 9.17) is 9.47 Å². The Hall–Kier alpha value is -3.34. The largest absolute Gasteiger partial charge is 0.489 e. The van der Waals surface area contributed by atoms with Crippen molar-refractivity contribution < 1.29 is 18.7 Å². The van der Waals surface area contributed by atoms with Crippen LogP contribution in [0.5, 0.6) is 11.5 Å². The van der Waals surface area contributed by atoms with Gasteiger partial charge in [-0.05, 0) is 47.5 Å². The third-order valence-corrected chi connectivity index (χ3v) is 4.19. The van der Waals surface area contributed by atoms with Crippen LogP contribution in [0.15, 0.2) is 78.9 Å². The molecule has 0 N–H and O–H groups in total. The number of halogens is 1. The van der Waals surface area contributed by atoms with Gasteiger partial charge in [0.25, 0.3) is 5.91 Å². The Balaban J connectivity index is 1.44. The number of rotatable bonds is 8. The molecule has 0 aliphatic carbocycles. The third kappa shape index (κ3) is 5.84. The Morgan fingerprint density at radius 1 is 0.821 bits per heavy atom. The van der Waals surface area contributed by atoms with Crippen LogP contribution in [0, 0.1) is 5.82 Å². The molecule has 0 atom stereocenters. The highest BCUT2D eigenvalue weighted by Crippen LogP contribution is 2.19. The van der Waals surface area contributed by atoms with E-state index in [1.807, 2.05) is 42.5 Å². The highest BCUT2D eigenvalue weighted by atomic mass is 19.1. The summed E-state index contributed by atoms with van der Waals surface area (Å²) in [6.45, 7) is 0.824. The third-order valence-electron chi connectivity index (χ3n) is 4.19. The number of benzene rings is 3. The van der Waals surface area contributed by atoms with Crippen molar-refractivity contribution in [1.82, 2.24) is 4.90 Å². The Morgan fingerprint density at radius 2 is 1.43 bits per heavy atom. The number of amides is 1. The highest BCUT2D eigenvalue weighted by molar-refractivity contribution is 5.77. The molecule has 0 aliphatic heterocycles. The SMILES string of the molecule is CN(Cc1ccc(F)cc1)C(=O)COc1ccc(OCc2ccccc2)cc1. The van der Waals surface area contributed by atoms with Crippen molar-refractivity contribution in [2.24, 2.45) is 0 Å². The van der Waals surface area contributed by atoms with Crippen LogP contribution in [0.2, 0.25) is 0 Å². The quantitative estimate of drug-likeness (QED) is 0.581. The second-order valence-corrected chi connectivity index (χ2v) is 6.41. The molecule has 3 aromatic rings. The summed E-state index contributed by atoms with van der Waals surface area (Å²) in [6.07, 6.45) is 0. The summed E-state index contributed by atoms with van der Waals surface area (Å²) in [6, 6.07) is 23.2. The number of ether oxygens (including phenoxy) is 2. The van der Waals surface area contributed by atoms with E-state index in [0.717, 1.165) is 16.9 Å². The van der Waals surface area contributed by atoms with Crippen LogP contribution in [-0.4, -0.2) is 24.5 Å². The van der Waals surface area contributed by atoms with E-state index in [-0.39, 0.29) is 18.3 Å². The summed E-state index contributed by atoms with van der Waals surface area (Å²) < 4.78 is 24.2. The topological polar surface area (TPSA) is 38.8 Å². The minimum Gasteiger partial charge on any atom is -0.489 e. The number of carbonyl (C=O) groups is 1. The van der Waals surface area contributed by atoms with Crippen molar-refractivity contribution in [1.29, 1.82) is 0 Å². The molecule has 1 amide bonds. The van der Waals surface area contributed by atoms with Crippen LogP contribution < -0.4 is 9.47 Å². The number of hydrogen-bond donors (Lipinski definition) is 0. The van der Waals surface area contributed by atoms with E-state index in [2.05, 4.69) is 0 Å². The zero-order valence-corrected chi connectivity index (χ0v) is 15.7. The summed E-state index contributed by atoms with van der Waals surface area (Å²) in [5.41, 5.74) is 1.95. The monoisotopic (exact) mass is 379 g/mol. The van der Waals surface area contributed by atoms with Gasteiger partial charge in [0, 0.05) is 13.6 Å². The van der Waals surface area contributed by atoms with Gasteiger partial charge in [-0.3, -0.25) is 4.79 Å². The van der Waals surface area contributed by atoms with Gasteiger partial charge in [-0.1, -0.05) is 42.5 Å². The first-order valence-electron chi connectivity index (χ1n) is 8.98. The van der Waals surface area contributed by atoms with Gasteiger partial charge >= 0.3 is 0 Å². The number of nitrogens with zero attached hydrogens (tertiary/aromatic N) is 1. The maximum Gasteiger partial charge on any atom is 0.260 e. The number of likely N-dealkylation sites (N-methyl/N-ethyl adjacent to an activating group) is 1. The van der Waals surface area contributed by atoms with Crippen molar-refractivity contribution in [3.63, 3.8) is 0 Å². The molecule has 0 heterocycles. The molecule has 144 valence electrons. The molecule has 3 rings (SSSR count). The van der Waals surface area contributed by atoms with E-state index in [1.165, 1.54) is 12.1 Å². The predicted octanol–water partition coefficient (Wildman–Crippen LogP) is 4.44. The standard InChI is InChI=1S/C23H22FNO3/c1-25(15-18-7-9-20(24)10-8-18)23(26)17-28-22-13-11-21(12-14-22)27-16-19-5-3-2-4-6-19/h2-14H,15-17H2,1H3. The molecule has 0 bridgehead atoms. The molecule has 5 heteroatoms. The van der Waals surface area contributed by atoms with Crippen molar-refractivity contribution in [3.05, 3.63) is 95.8 Å². The van der Waals surface area contributed by atoms with E-state index in [0.29, 0.717) is 18.9 Å². The average molecular weight is 379 g/mol. The maximum atomic E-state index is 12.9. The van der Waals surface area contributed by atoms with Crippen LogP contribution in [0.3, 0.4) is 0 Å². The first-order chi connectivity index (χ1) is 13.6. The molecule has 0 saturated carbocycles. The van der Waals surface area contributed by atoms with E-state index < -0.39 is 0 Å². The molecule has 28 heavy (non-hydrogen) atoms. The summed E-state index contributed by atoms with van der Waals surface area (Å²) in [5.74, 6) is 0.873. The fourth-order valence-corrected chi connectivity index (χ4v) is 2.58. The van der Waals surface area contributed by atoms with Crippen LogP contribution in [-0.2, 0) is 17.9 Å². The number of carbonyl (C=O) groups excluding carboxylic acids is 1. The molecule has 0 saturated heterocycles. The summed E-state index contributed by atoms with van der Waals surface area (Å²) in [4.78, 5) is 13.8. The molecule has 0 spiro atoms. The van der Waals surface area contributed by atoms with Gasteiger partial charge in [0.2, 0.25) is 0 Å². The zero-order chi connectivity index (χ0) is 19.8. The number of hydrogen-bond acceptors (Lipinski definition) is 3. The second kappa shape index (κ2) is 9.55. The molecule has 0 aromatic heterocycles. The van der Waals surface area contributed by atoms with E-state index in [9.17, 15) is 9.18 Å². The Kier molecular flexibility index (Phi) is 6.63. The Bertz CT molecular complexity index is 880. The van der Waals surface area contributed by atoms with Crippen LogP contribution in [0.25, 0.3) is 0 Å². The summed E-state index contributed by atoms with van der Waals surface area (Å²) in [5, 5.41) is 0. The van der Waals surface area contributed by atoms with Gasteiger partial charge in [0.1, 0.15) is 23.9 Å². The predicted molar refractivity (Wildman–Crippen MR) is 106 cm³/mol. The lowest BCUT2D eigenvalue weighted by Crippen LogP contribution is -2.30. The molecular weight excluding hydrogens is 357 g/mol. The maximum absolute atomic E-state index is 12.9. The fraction of sp³-hybridized carbons (Fsp3) is 0.174. The lowest BCUT2D eigenvalue weighted by Gasteiger charge is -2.17. The van der Waals surface area contributed by atoms with Crippen LogP contribution in [0.4, 0.5) is 4.39 Å². The van der Waals surface area contributed by atoms with Crippen molar-refractivity contribution in [3.8, 4) is 11.5 Å². The van der Waals surface area contributed by atoms with Gasteiger partial charge in [-0.15, -0.1) is 0 Å². The Labute approximate surface area is 164 Å². The smallest absolute Gasteiger partial charge is 0.260 e. The molecule has 0 unspecified atom stereocenters. The van der Waals surface area contributed by atoms with Crippen molar-refractivity contribution in [2.75, 3.05) is 13.7 Å². The van der Waals surface area contributed by atoms with Crippen LogP contribution in [0.1, 0.15) is 11.1 Å². The van der Waals surface area contributed by atoms with Gasteiger partial charge in [-0.25, -0.2) is 4.39 Å². The lowest BCUT2D eigenvalue weighted by molar-refractivity contribution is -0.132. The molecule has 3 aromatic carbocycles. The van der Waals surface area contributed by atoms with Crippen molar-refractivity contribution >= 4 is 5.91 Å². The van der Waals surface area contributed by atoms with E-state index >= 15 is 0 Å². The first kappa shape index (κ1) is 19.4. The van der Waals surface area contributed by atoms with Gasteiger partial charge in [0.05, 0.1) is 0 Å². The Morgan fingerprint density at radius 3 is 2.07 bits per heavy atom. The molecule has 4 nitrogen and oxygen atoms in total. The van der Waals surface area contributed by atoms with E-state index in [1.54, 1.807) is 36.2 Å². The normalized spacial score (nSPS) is 10.4.